The van der Waals surface area contributed by atoms with Crippen molar-refractivity contribution in [2.24, 2.45) is 5.90 Å². The summed E-state index contributed by atoms with van der Waals surface area (Å²) in [5.41, 5.74) is 0. The second-order valence-corrected chi connectivity index (χ2v) is 4.66. The summed E-state index contributed by atoms with van der Waals surface area (Å²) >= 11 is 0. The van der Waals surface area contributed by atoms with E-state index >= 15 is 0 Å². The Kier molecular flexibility index (Phi) is 3.79. The molecular formula is C11H22N2O. The van der Waals surface area contributed by atoms with Crippen LogP contribution in [0.1, 0.15) is 44.9 Å². The minimum Gasteiger partial charge on any atom is -0.303 e. The first kappa shape index (κ1) is 10.4. The van der Waals surface area contributed by atoms with E-state index in [1.165, 1.54) is 51.5 Å². The molecule has 14 heavy (non-hydrogen) atoms. The lowest BCUT2D eigenvalue weighted by molar-refractivity contribution is 0.0182. The molecule has 0 spiro atoms. The van der Waals surface area contributed by atoms with Crippen LogP contribution >= 0.6 is 0 Å². The minimum atomic E-state index is 0.594. The van der Waals surface area contributed by atoms with E-state index in [1.807, 2.05) is 0 Å². The van der Waals surface area contributed by atoms with Gasteiger partial charge in [-0.15, -0.1) is 0 Å². The van der Waals surface area contributed by atoms with E-state index < -0.39 is 0 Å². The van der Waals surface area contributed by atoms with Crippen LogP contribution in [-0.2, 0) is 4.84 Å². The van der Waals surface area contributed by atoms with Gasteiger partial charge in [-0.1, -0.05) is 19.3 Å². The van der Waals surface area contributed by atoms with Crippen LogP contribution in [0.5, 0.6) is 0 Å². The van der Waals surface area contributed by atoms with Crippen molar-refractivity contribution >= 4 is 0 Å². The molecular weight excluding hydrogens is 176 g/mol. The fourth-order valence-electron chi connectivity index (χ4n) is 3.03. The van der Waals surface area contributed by atoms with Gasteiger partial charge in [-0.3, -0.25) is 4.90 Å². The summed E-state index contributed by atoms with van der Waals surface area (Å²) in [6.07, 6.45) is 9.58. The van der Waals surface area contributed by atoms with Gasteiger partial charge in [0.2, 0.25) is 0 Å². The molecule has 0 bridgehead atoms. The molecule has 0 radical (unpaired) electrons. The monoisotopic (exact) mass is 198 g/mol. The number of nitrogens with two attached hydrogens (primary N) is 1. The van der Waals surface area contributed by atoms with Crippen molar-refractivity contribution in [3.63, 3.8) is 0 Å². The maximum atomic E-state index is 5.19. The second kappa shape index (κ2) is 5.10. The van der Waals surface area contributed by atoms with E-state index in [0.717, 1.165) is 12.6 Å². The molecule has 3 heteroatoms. The van der Waals surface area contributed by atoms with Crippen LogP contribution in [0.25, 0.3) is 0 Å². The van der Waals surface area contributed by atoms with Gasteiger partial charge >= 0.3 is 0 Å². The van der Waals surface area contributed by atoms with E-state index in [1.54, 1.807) is 0 Å². The molecule has 1 heterocycles. The summed E-state index contributed by atoms with van der Waals surface area (Å²) in [5, 5.41) is 0. The molecule has 1 aliphatic carbocycles. The largest absolute Gasteiger partial charge is 0.303 e. The molecule has 0 amide bonds. The predicted octanol–water partition coefficient (Wildman–Crippen LogP) is 1.67. The smallest absolute Gasteiger partial charge is 0.0834 e. The first-order valence-corrected chi connectivity index (χ1v) is 5.99. The first-order valence-electron chi connectivity index (χ1n) is 5.99. The van der Waals surface area contributed by atoms with Crippen LogP contribution in [0.2, 0.25) is 0 Å². The molecule has 1 atom stereocenters. The SMILES string of the molecule is NOCC1CCCCN1C1CCCC1. The van der Waals surface area contributed by atoms with Gasteiger partial charge in [0, 0.05) is 12.1 Å². The number of rotatable bonds is 3. The van der Waals surface area contributed by atoms with Gasteiger partial charge in [0.25, 0.3) is 0 Å². The first-order chi connectivity index (χ1) is 6.92. The summed E-state index contributed by atoms with van der Waals surface area (Å²) in [4.78, 5) is 7.49. The molecule has 0 aromatic heterocycles. The second-order valence-electron chi connectivity index (χ2n) is 4.66. The molecule has 1 aliphatic heterocycles. The van der Waals surface area contributed by atoms with Gasteiger partial charge in [-0.05, 0) is 32.2 Å². The lowest BCUT2D eigenvalue weighted by Gasteiger charge is -2.39. The highest BCUT2D eigenvalue weighted by atomic mass is 16.6. The normalized spacial score (nSPS) is 31.1. The quantitative estimate of drug-likeness (QED) is 0.701. The van der Waals surface area contributed by atoms with Crippen LogP contribution in [0.4, 0.5) is 0 Å². The number of piperidine rings is 1. The number of hydrogen-bond acceptors (Lipinski definition) is 3. The van der Waals surface area contributed by atoms with Crippen LogP contribution in [-0.4, -0.2) is 30.1 Å². The maximum Gasteiger partial charge on any atom is 0.0834 e. The molecule has 2 rings (SSSR count). The minimum absolute atomic E-state index is 0.594. The molecule has 2 fully saturated rings. The summed E-state index contributed by atoms with van der Waals surface area (Å²) in [5.74, 6) is 5.19. The van der Waals surface area contributed by atoms with Crippen molar-refractivity contribution in [3.05, 3.63) is 0 Å². The Hall–Kier alpha value is -0.120. The average molecular weight is 198 g/mol. The molecule has 0 aromatic rings. The van der Waals surface area contributed by atoms with Gasteiger partial charge in [0.15, 0.2) is 0 Å². The van der Waals surface area contributed by atoms with Crippen molar-refractivity contribution in [1.29, 1.82) is 0 Å². The van der Waals surface area contributed by atoms with Crippen LogP contribution in [0, 0.1) is 0 Å². The van der Waals surface area contributed by atoms with E-state index in [9.17, 15) is 0 Å². The van der Waals surface area contributed by atoms with Gasteiger partial charge in [-0.2, -0.15) is 0 Å². The van der Waals surface area contributed by atoms with Crippen LogP contribution < -0.4 is 5.90 Å². The van der Waals surface area contributed by atoms with E-state index in [2.05, 4.69) is 4.90 Å². The Labute approximate surface area is 86.5 Å². The van der Waals surface area contributed by atoms with Gasteiger partial charge in [0.05, 0.1) is 6.61 Å². The Morgan fingerprint density at radius 2 is 1.79 bits per heavy atom. The number of nitrogens with zero attached hydrogens (tertiary/aromatic N) is 1. The van der Waals surface area contributed by atoms with Crippen molar-refractivity contribution in [2.45, 2.75) is 57.0 Å². The van der Waals surface area contributed by atoms with Crippen molar-refractivity contribution in [2.75, 3.05) is 13.2 Å². The third kappa shape index (κ3) is 2.27. The summed E-state index contributed by atoms with van der Waals surface area (Å²) in [7, 11) is 0. The van der Waals surface area contributed by atoms with Gasteiger partial charge in [-0.25, -0.2) is 5.90 Å². The fraction of sp³-hybridized carbons (Fsp3) is 1.00. The zero-order chi connectivity index (χ0) is 9.80. The van der Waals surface area contributed by atoms with E-state index in [-0.39, 0.29) is 0 Å². The molecule has 1 saturated heterocycles. The highest BCUT2D eigenvalue weighted by Crippen LogP contribution is 2.29. The Morgan fingerprint density at radius 3 is 2.50 bits per heavy atom. The molecule has 0 aromatic carbocycles. The maximum absolute atomic E-state index is 5.19. The summed E-state index contributed by atoms with van der Waals surface area (Å²) < 4.78 is 0. The fourth-order valence-corrected chi connectivity index (χ4v) is 3.03. The third-order valence-electron chi connectivity index (χ3n) is 3.76. The van der Waals surface area contributed by atoms with Crippen molar-refractivity contribution in [1.82, 2.24) is 4.90 Å². The van der Waals surface area contributed by atoms with Crippen LogP contribution in [0.15, 0.2) is 0 Å². The standard InChI is InChI=1S/C11H22N2O/c12-14-9-11-7-3-4-8-13(11)10-5-1-2-6-10/h10-11H,1-9,12H2. The van der Waals surface area contributed by atoms with Gasteiger partial charge < -0.3 is 4.84 Å². The lowest BCUT2D eigenvalue weighted by atomic mass is 10.00. The molecule has 1 unspecified atom stereocenters. The van der Waals surface area contributed by atoms with Gasteiger partial charge in [0.1, 0.15) is 0 Å². The van der Waals surface area contributed by atoms with E-state index in [0.29, 0.717) is 6.04 Å². The number of hydrogen-bond donors (Lipinski definition) is 1. The average Bonchev–Trinajstić information content (AvgIpc) is 2.72. The predicted molar refractivity (Wildman–Crippen MR) is 56.7 cm³/mol. The molecule has 82 valence electrons. The zero-order valence-corrected chi connectivity index (χ0v) is 8.95. The highest BCUT2D eigenvalue weighted by Gasteiger charge is 2.30. The van der Waals surface area contributed by atoms with Crippen LogP contribution in [0.3, 0.4) is 0 Å². The Balaban J connectivity index is 1.91. The van der Waals surface area contributed by atoms with Crippen molar-refractivity contribution in [3.8, 4) is 0 Å². The topological polar surface area (TPSA) is 38.5 Å². The Bertz CT molecular complexity index is 167. The Morgan fingerprint density at radius 1 is 1.07 bits per heavy atom. The zero-order valence-electron chi connectivity index (χ0n) is 8.95. The summed E-state index contributed by atoms with van der Waals surface area (Å²) in [6.45, 7) is 1.98. The molecule has 2 N–H and O–H groups in total. The number of likely N-dealkylation sites (tertiary alicyclic amines) is 1. The highest BCUT2D eigenvalue weighted by molar-refractivity contribution is 4.85. The molecule has 1 saturated carbocycles. The summed E-state index contributed by atoms with van der Waals surface area (Å²) in [6, 6.07) is 1.42. The molecule has 2 aliphatic rings. The third-order valence-corrected chi connectivity index (χ3v) is 3.76. The van der Waals surface area contributed by atoms with E-state index in [4.69, 9.17) is 10.7 Å². The lowest BCUT2D eigenvalue weighted by Crippen LogP contribution is -2.47. The molecule has 3 nitrogen and oxygen atoms in total. The van der Waals surface area contributed by atoms with Crippen molar-refractivity contribution < 1.29 is 4.84 Å².